The number of hydrogen-bond acceptors (Lipinski definition) is 4. The molecule has 1 aliphatic carbocycles. The molecule has 0 aliphatic heterocycles. The van der Waals surface area contributed by atoms with Gasteiger partial charge in [0.15, 0.2) is 0 Å². The Kier molecular flexibility index (Phi) is 3.62. The SMILES string of the molecule is Cc1ccccc1S(=O)(=O)NCc1csc(C2CC2)n1. The molecule has 1 fully saturated rings. The third-order valence-corrected chi connectivity index (χ3v) is 5.94. The van der Waals surface area contributed by atoms with Crippen molar-refractivity contribution in [2.75, 3.05) is 0 Å². The highest BCUT2D eigenvalue weighted by Crippen LogP contribution is 2.41. The van der Waals surface area contributed by atoms with Crippen molar-refractivity contribution in [2.24, 2.45) is 0 Å². The molecule has 0 radical (unpaired) electrons. The number of aryl methyl sites for hydroxylation is 1. The highest BCUT2D eigenvalue weighted by atomic mass is 32.2. The maximum Gasteiger partial charge on any atom is 0.241 e. The van der Waals surface area contributed by atoms with E-state index in [1.165, 1.54) is 12.8 Å². The van der Waals surface area contributed by atoms with Crippen LogP contribution in [-0.2, 0) is 16.6 Å². The Hall–Kier alpha value is -1.24. The summed E-state index contributed by atoms with van der Waals surface area (Å²) in [5, 5.41) is 3.07. The van der Waals surface area contributed by atoms with Gasteiger partial charge in [-0.05, 0) is 31.4 Å². The van der Waals surface area contributed by atoms with Crippen LogP contribution in [0.15, 0.2) is 34.5 Å². The molecule has 1 saturated carbocycles. The number of thiazole rings is 1. The molecule has 1 heterocycles. The van der Waals surface area contributed by atoms with E-state index in [2.05, 4.69) is 9.71 Å². The zero-order valence-electron chi connectivity index (χ0n) is 11.2. The second-order valence-electron chi connectivity index (χ2n) is 5.04. The molecule has 0 amide bonds. The third-order valence-electron chi connectivity index (χ3n) is 3.32. The van der Waals surface area contributed by atoms with Crippen molar-refractivity contribution in [2.45, 2.75) is 37.1 Å². The number of hydrogen-bond donors (Lipinski definition) is 1. The zero-order chi connectivity index (χ0) is 14.2. The molecule has 0 bridgehead atoms. The van der Waals surface area contributed by atoms with Crippen molar-refractivity contribution in [3.8, 4) is 0 Å². The lowest BCUT2D eigenvalue weighted by atomic mass is 10.2. The average molecular weight is 308 g/mol. The molecule has 1 aliphatic rings. The van der Waals surface area contributed by atoms with E-state index in [9.17, 15) is 8.42 Å². The molecule has 6 heteroatoms. The van der Waals surface area contributed by atoms with Gasteiger partial charge in [-0.15, -0.1) is 11.3 Å². The number of benzene rings is 1. The lowest BCUT2D eigenvalue weighted by molar-refractivity contribution is 0.580. The van der Waals surface area contributed by atoms with Crippen LogP contribution in [-0.4, -0.2) is 13.4 Å². The standard InChI is InChI=1S/C14H16N2O2S2/c1-10-4-2-3-5-13(10)20(17,18)15-8-12-9-19-14(16-12)11-6-7-11/h2-5,9,11,15H,6-8H2,1H3. The minimum absolute atomic E-state index is 0.250. The third kappa shape index (κ3) is 2.92. The van der Waals surface area contributed by atoms with Crippen LogP contribution in [0.2, 0.25) is 0 Å². The number of sulfonamides is 1. The Balaban J connectivity index is 1.71. The van der Waals surface area contributed by atoms with Crippen LogP contribution >= 0.6 is 11.3 Å². The van der Waals surface area contributed by atoms with Gasteiger partial charge >= 0.3 is 0 Å². The van der Waals surface area contributed by atoms with Gasteiger partial charge in [0.05, 0.1) is 22.1 Å². The lowest BCUT2D eigenvalue weighted by Gasteiger charge is -2.07. The molecule has 0 unspecified atom stereocenters. The molecule has 1 N–H and O–H groups in total. The molecule has 0 atom stereocenters. The predicted octanol–water partition coefficient (Wildman–Crippen LogP) is 2.81. The summed E-state index contributed by atoms with van der Waals surface area (Å²) in [4.78, 5) is 4.81. The van der Waals surface area contributed by atoms with Gasteiger partial charge in [-0.25, -0.2) is 18.1 Å². The molecule has 1 aromatic carbocycles. The fraction of sp³-hybridized carbons (Fsp3) is 0.357. The molecule has 4 nitrogen and oxygen atoms in total. The van der Waals surface area contributed by atoms with Gasteiger partial charge in [-0.1, -0.05) is 18.2 Å². The maximum absolute atomic E-state index is 12.2. The lowest BCUT2D eigenvalue weighted by Crippen LogP contribution is -2.24. The van der Waals surface area contributed by atoms with Gasteiger partial charge in [0.2, 0.25) is 10.0 Å². The van der Waals surface area contributed by atoms with E-state index < -0.39 is 10.0 Å². The van der Waals surface area contributed by atoms with Crippen molar-refractivity contribution in [1.29, 1.82) is 0 Å². The Bertz CT molecular complexity index is 718. The first-order valence-corrected chi connectivity index (χ1v) is 8.92. The van der Waals surface area contributed by atoms with E-state index in [0.29, 0.717) is 10.8 Å². The van der Waals surface area contributed by atoms with E-state index in [4.69, 9.17) is 0 Å². The second kappa shape index (κ2) is 5.27. The molecule has 2 aromatic rings. The predicted molar refractivity (Wildman–Crippen MR) is 79.3 cm³/mol. The van der Waals surface area contributed by atoms with E-state index in [1.54, 1.807) is 36.5 Å². The van der Waals surface area contributed by atoms with Crippen molar-refractivity contribution >= 4 is 21.4 Å². The van der Waals surface area contributed by atoms with Crippen LogP contribution in [0.1, 0.15) is 35.0 Å². The van der Waals surface area contributed by atoms with Crippen molar-refractivity contribution < 1.29 is 8.42 Å². The molecular weight excluding hydrogens is 292 g/mol. The number of nitrogens with one attached hydrogen (secondary N) is 1. The first-order chi connectivity index (χ1) is 9.56. The summed E-state index contributed by atoms with van der Waals surface area (Å²) in [6.07, 6.45) is 2.42. The van der Waals surface area contributed by atoms with Crippen LogP contribution in [0.25, 0.3) is 0 Å². The highest BCUT2D eigenvalue weighted by molar-refractivity contribution is 7.89. The molecule has 3 rings (SSSR count). The number of rotatable bonds is 5. The quantitative estimate of drug-likeness (QED) is 0.924. The van der Waals surface area contributed by atoms with Crippen LogP contribution in [0.4, 0.5) is 0 Å². The minimum atomic E-state index is -3.47. The molecule has 20 heavy (non-hydrogen) atoms. The van der Waals surface area contributed by atoms with E-state index in [0.717, 1.165) is 16.3 Å². The normalized spacial score (nSPS) is 15.4. The topological polar surface area (TPSA) is 59.1 Å². The van der Waals surface area contributed by atoms with E-state index >= 15 is 0 Å². The summed E-state index contributed by atoms with van der Waals surface area (Å²) in [6, 6.07) is 6.98. The fourth-order valence-electron chi connectivity index (χ4n) is 2.03. The van der Waals surface area contributed by atoms with Crippen LogP contribution in [0, 0.1) is 6.92 Å². The van der Waals surface area contributed by atoms with Crippen LogP contribution < -0.4 is 4.72 Å². The summed E-state index contributed by atoms with van der Waals surface area (Å²) in [5.41, 5.74) is 1.55. The fourth-order valence-corrected chi connectivity index (χ4v) is 4.26. The van der Waals surface area contributed by atoms with Crippen LogP contribution in [0.3, 0.4) is 0 Å². The average Bonchev–Trinajstić information content (AvgIpc) is 3.16. The second-order valence-corrected chi connectivity index (χ2v) is 7.67. The monoisotopic (exact) mass is 308 g/mol. The molecule has 0 spiro atoms. The van der Waals surface area contributed by atoms with Crippen molar-refractivity contribution in [3.63, 3.8) is 0 Å². The largest absolute Gasteiger partial charge is 0.245 e. The van der Waals surface area contributed by atoms with Crippen LogP contribution in [0.5, 0.6) is 0 Å². The summed E-state index contributed by atoms with van der Waals surface area (Å²) >= 11 is 1.62. The Morgan fingerprint density at radius 2 is 2.10 bits per heavy atom. The van der Waals surface area contributed by atoms with Crippen molar-refractivity contribution in [1.82, 2.24) is 9.71 Å². The number of aromatic nitrogens is 1. The zero-order valence-corrected chi connectivity index (χ0v) is 12.8. The first-order valence-electron chi connectivity index (χ1n) is 6.56. The summed E-state index contributed by atoms with van der Waals surface area (Å²) in [5.74, 6) is 0.613. The highest BCUT2D eigenvalue weighted by Gasteiger charge is 2.26. The Morgan fingerprint density at radius 1 is 1.35 bits per heavy atom. The van der Waals surface area contributed by atoms with Gasteiger partial charge in [-0.3, -0.25) is 0 Å². The molecule has 106 valence electrons. The van der Waals surface area contributed by atoms with Gasteiger partial charge in [0.1, 0.15) is 0 Å². The summed E-state index contributed by atoms with van der Waals surface area (Å²) in [6.45, 7) is 2.04. The van der Waals surface area contributed by atoms with E-state index in [1.807, 2.05) is 11.4 Å². The molecule has 0 saturated heterocycles. The van der Waals surface area contributed by atoms with Gasteiger partial charge in [-0.2, -0.15) is 0 Å². The molecular formula is C14H16N2O2S2. The van der Waals surface area contributed by atoms with Crippen molar-refractivity contribution in [3.05, 3.63) is 45.9 Å². The van der Waals surface area contributed by atoms with Gasteiger partial charge in [0, 0.05) is 11.3 Å². The Labute approximate surface area is 122 Å². The van der Waals surface area contributed by atoms with E-state index in [-0.39, 0.29) is 6.54 Å². The smallest absolute Gasteiger partial charge is 0.241 e. The maximum atomic E-state index is 12.2. The first kappa shape index (κ1) is 13.7. The molecule has 1 aromatic heterocycles. The summed E-state index contributed by atoms with van der Waals surface area (Å²) in [7, 11) is -3.47. The minimum Gasteiger partial charge on any atom is -0.245 e. The summed E-state index contributed by atoms with van der Waals surface area (Å²) < 4.78 is 27.1. The number of nitrogens with zero attached hydrogens (tertiary/aromatic N) is 1. The van der Waals surface area contributed by atoms with Gasteiger partial charge in [0.25, 0.3) is 0 Å². The Morgan fingerprint density at radius 3 is 2.80 bits per heavy atom. The van der Waals surface area contributed by atoms with Gasteiger partial charge < -0.3 is 0 Å².